The van der Waals surface area contributed by atoms with Crippen molar-refractivity contribution in [1.29, 1.82) is 0 Å². The molecule has 0 heterocycles. The molecule has 0 aliphatic heterocycles. The molecule has 0 fully saturated rings. The van der Waals surface area contributed by atoms with Crippen molar-refractivity contribution >= 4 is 5.97 Å². The smallest absolute Gasteiger partial charge is 0.307 e. The van der Waals surface area contributed by atoms with Gasteiger partial charge in [0, 0.05) is 11.1 Å². The van der Waals surface area contributed by atoms with Crippen LogP contribution in [-0.4, -0.2) is 25.3 Å². The first kappa shape index (κ1) is 13.3. The fourth-order valence-corrected chi connectivity index (χ4v) is 1.60. The second-order valence-corrected chi connectivity index (χ2v) is 3.59. The van der Waals surface area contributed by atoms with E-state index in [-0.39, 0.29) is 6.42 Å². The van der Waals surface area contributed by atoms with Gasteiger partial charge in [-0.3, -0.25) is 4.79 Å². The van der Waals surface area contributed by atoms with Gasteiger partial charge in [0.05, 0.1) is 20.6 Å². The number of halogens is 1. The molecule has 1 aromatic carbocycles. The lowest BCUT2D eigenvalue weighted by molar-refractivity contribution is -0.136. The zero-order chi connectivity index (χ0) is 13.0. The summed E-state index contributed by atoms with van der Waals surface area (Å²) in [6.07, 6.45) is -1.40. The highest BCUT2D eigenvalue weighted by atomic mass is 19.1. The molecule has 0 saturated carbocycles. The maximum Gasteiger partial charge on any atom is 0.307 e. The summed E-state index contributed by atoms with van der Waals surface area (Å²) in [6.45, 7) is 1.38. The second-order valence-electron chi connectivity index (χ2n) is 3.59. The summed E-state index contributed by atoms with van der Waals surface area (Å²) in [5, 5.41) is 8.76. The highest BCUT2D eigenvalue weighted by molar-refractivity contribution is 5.72. The lowest BCUT2D eigenvalue weighted by atomic mass is 10.0. The van der Waals surface area contributed by atoms with E-state index in [9.17, 15) is 9.18 Å². The fourth-order valence-electron chi connectivity index (χ4n) is 1.60. The van der Waals surface area contributed by atoms with Crippen LogP contribution in [0.3, 0.4) is 0 Å². The molecule has 1 aromatic rings. The summed E-state index contributed by atoms with van der Waals surface area (Å²) in [5.41, 5.74) is 0.805. The minimum Gasteiger partial charge on any atom is -0.496 e. The zero-order valence-corrected chi connectivity index (χ0v) is 9.99. The Morgan fingerprint density at radius 1 is 1.35 bits per heavy atom. The summed E-state index contributed by atoms with van der Waals surface area (Å²) in [6, 6.07) is 2.97. The van der Waals surface area contributed by atoms with Crippen LogP contribution < -0.4 is 9.47 Å². The number of methoxy groups -OCH3 is 2. The minimum absolute atomic E-state index is 0.194. The van der Waals surface area contributed by atoms with Crippen LogP contribution in [0.4, 0.5) is 4.39 Å². The number of hydrogen-bond acceptors (Lipinski definition) is 3. The van der Waals surface area contributed by atoms with Gasteiger partial charge in [0.1, 0.15) is 17.7 Å². The number of benzene rings is 1. The molecule has 0 saturated heterocycles. The molecule has 1 rings (SSSR count). The molecule has 0 aliphatic carbocycles. The van der Waals surface area contributed by atoms with Crippen LogP contribution in [0.2, 0.25) is 0 Å². The summed E-state index contributed by atoms with van der Waals surface area (Å²) in [5.74, 6) is -0.295. The largest absolute Gasteiger partial charge is 0.496 e. The van der Waals surface area contributed by atoms with Crippen molar-refractivity contribution < 1.29 is 23.8 Å². The van der Waals surface area contributed by atoms with Crippen LogP contribution in [0.25, 0.3) is 0 Å². The number of hydrogen-bond donors (Lipinski definition) is 1. The summed E-state index contributed by atoms with van der Waals surface area (Å²) in [7, 11) is 2.83. The molecule has 0 bridgehead atoms. The van der Waals surface area contributed by atoms with Crippen LogP contribution in [0.5, 0.6) is 11.5 Å². The maximum absolute atomic E-state index is 13.3. The molecule has 1 atom stereocenters. The maximum atomic E-state index is 13.3. The van der Waals surface area contributed by atoms with Gasteiger partial charge in [-0.05, 0) is 19.1 Å². The van der Waals surface area contributed by atoms with E-state index >= 15 is 0 Å². The van der Waals surface area contributed by atoms with Crippen molar-refractivity contribution in [2.75, 3.05) is 14.2 Å². The number of alkyl halides is 1. The lowest BCUT2D eigenvalue weighted by Gasteiger charge is -2.14. The average Bonchev–Trinajstić information content (AvgIpc) is 2.27. The standard InChI is InChI=1S/C12H15FO4/c1-7(13)9-6-10(16-2)8(5-12(14)15)4-11(9)17-3/h4,6-7H,5H2,1-3H3,(H,14,15). The third kappa shape index (κ3) is 3.09. The van der Waals surface area contributed by atoms with E-state index in [1.54, 1.807) is 0 Å². The molecule has 17 heavy (non-hydrogen) atoms. The molecule has 1 N–H and O–H groups in total. The Labute approximate surface area is 99.0 Å². The number of rotatable bonds is 5. The SMILES string of the molecule is COc1cc(C(C)F)c(OC)cc1CC(=O)O. The van der Waals surface area contributed by atoms with Gasteiger partial charge in [-0.15, -0.1) is 0 Å². The highest BCUT2D eigenvalue weighted by Gasteiger charge is 2.17. The molecule has 0 aromatic heterocycles. The Kier molecular flexibility index (Phi) is 4.31. The Hall–Kier alpha value is -1.78. The van der Waals surface area contributed by atoms with Gasteiger partial charge < -0.3 is 14.6 Å². The molecule has 94 valence electrons. The zero-order valence-electron chi connectivity index (χ0n) is 9.99. The third-order valence-electron chi connectivity index (χ3n) is 2.40. The lowest BCUT2D eigenvalue weighted by Crippen LogP contribution is -2.04. The van der Waals surface area contributed by atoms with E-state index in [0.717, 1.165) is 0 Å². The van der Waals surface area contributed by atoms with E-state index in [1.807, 2.05) is 0 Å². The summed E-state index contributed by atoms with van der Waals surface area (Å²) < 4.78 is 23.4. The topological polar surface area (TPSA) is 55.8 Å². The second kappa shape index (κ2) is 5.52. The van der Waals surface area contributed by atoms with Gasteiger partial charge in [0.2, 0.25) is 0 Å². The molecule has 5 heteroatoms. The Balaban J connectivity index is 3.27. The van der Waals surface area contributed by atoms with Gasteiger partial charge in [0.25, 0.3) is 0 Å². The van der Waals surface area contributed by atoms with Crippen LogP contribution in [0, 0.1) is 0 Å². The first-order valence-electron chi connectivity index (χ1n) is 5.10. The fraction of sp³-hybridized carbons (Fsp3) is 0.417. The Morgan fingerprint density at radius 3 is 2.35 bits per heavy atom. The Bertz CT molecular complexity index is 415. The molecular formula is C12H15FO4. The first-order chi connectivity index (χ1) is 7.99. The number of aliphatic carboxylic acids is 1. The third-order valence-corrected chi connectivity index (χ3v) is 2.40. The molecular weight excluding hydrogens is 227 g/mol. The molecule has 0 aliphatic rings. The van der Waals surface area contributed by atoms with Gasteiger partial charge in [-0.2, -0.15) is 0 Å². The van der Waals surface area contributed by atoms with E-state index < -0.39 is 12.1 Å². The van der Waals surface area contributed by atoms with Crippen molar-refractivity contribution in [1.82, 2.24) is 0 Å². The van der Waals surface area contributed by atoms with Crippen LogP contribution in [0.1, 0.15) is 24.2 Å². The number of carboxylic acids is 1. The van der Waals surface area contributed by atoms with E-state index in [1.165, 1.54) is 33.3 Å². The molecule has 4 nitrogen and oxygen atoms in total. The van der Waals surface area contributed by atoms with Crippen LogP contribution >= 0.6 is 0 Å². The summed E-state index contributed by atoms with van der Waals surface area (Å²) >= 11 is 0. The van der Waals surface area contributed by atoms with Crippen LogP contribution in [-0.2, 0) is 11.2 Å². The minimum atomic E-state index is -1.21. The van der Waals surface area contributed by atoms with Crippen molar-refractivity contribution in [3.8, 4) is 11.5 Å². The van der Waals surface area contributed by atoms with E-state index in [0.29, 0.717) is 22.6 Å². The molecule has 0 spiro atoms. The van der Waals surface area contributed by atoms with Crippen molar-refractivity contribution in [2.24, 2.45) is 0 Å². The highest BCUT2D eigenvalue weighted by Crippen LogP contribution is 2.34. The molecule has 0 radical (unpaired) electrons. The molecule has 1 unspecified atom stereocenters. The average molecular weight is 242 g/mol. The van der Waals surface area contributed by atoms with Crippen molar-refractivity contribution in [2.45, 2.75) is 19.5 Å². The van der Waals surface area contributed by atoms with Crippen molar-refractivity contribution in [3.05, 3.63) is 23.3 Å². The van der Waals surface area contributed by atoms with Gasteiger partial charge in [-0.25, -0.2) is 4.39 Å². The van der Waals surface area contributed by atoms with E-state index in [4.69, 9.17) is 14.6 Å². The normalized spacial score (nSPS) is 12.0. The van der Waals surface area contributed by atoms with Gasteiger partial charge in [-0.1, -0.05) is 0 Å². The van der Waals surface area contributed by atoms with Gasteiger partial charge >= 0.3 is 5.97 Å². The number of carboxylic acid groups (broad SMARTS) is 1. The first-order valence-corrected chi connectivity index (χ1v) is 5.10. The molecule has 0 amide bonds. The van der Waals surface area contributed by atoms with E-state index in [2.05, 4.69) is 0 Å². The quantitative estimate of drug-likeness (QED) is 0.861. The van der Waals surface area contributed by atoms with Crippen LogP contribution in [0.15, 0.2) is 12.1 Å². The van der Waals surface area contributed by atoms with Crippen molar-refractivity contribution in [3.63, 3.8) is 0 Å². The predicted octanol–water partition coefficient (Wildman–Crippen LogP) is 2.36. The van der Waals surface area contributed by atoms with Gasteiger partial charge in [0.15, 0.2) is 0 Å². The number of carbonyl (C=O) groups is 1. The number of ether oxygens (including phenoxy) is 2. The Morgan fingerprint density at radius 2 is 1.94 bits per heavy atom. The predicted molar refractivity (Wildman–Crippen MR) is 60.4 cm³/mol. The summed E-state index contributed by atoms with van der Waals surface area (Å²) in [4.78, 5) is 10.7. The monoisotopic (exact) mass is 242 g/mol.